The first-order valence-electron chi connectivity index (χ1n) is 9.19. The van der Waals surface area contributed by atoms with Gasteiger partial charge in [-0.3, -0.25) is 0 Å². The van der Waals surface area contributed by atoms with E-state index < -0.39 is 0 Å². The Hall–Kier alpha value is -1.98. The molecule has 1 N–H and O–H groups in total. The van der Waals surface area contributed by atoms with Gasteiger partial charge in [-0.1, -0.05) is 30.3 Å². The lowest BCUT2D eigenvalue weighted by atomic mass is 9.89. The number of aliphatic hydroxyl groups excluding tert-OH is 1. The standard InChI is InChI=1S/C20H25N3O2/c24-18-9-12-25-14-16(18)17-7-4-11-23(17)20-8-10-21-19(22-20)13-15-5-2-1-3-6-15/h1-3,5-6,8,10,16-18,24H,4,7,9,11-14H2/t16-,17+,18+/m0/s1. The zero-order valence-electron chi connectivity index (χ0n) is 14.4. The van der Waals surface area contributed by atoms with Crippen LogP contribution in [0.25, 0.3) is 0 Å². The molecule has 0 radical (unpaired) electrons. The Morgan fingerprint density at radius 3 is 2.88 bits per heavy atom. The number of rotatable bonds is 4. The topological polar surface area (TPSA) is 58.5 Å². The van der Waals surface area contributed by atoms with Crippen LogP contribution < -0.4 is 4.90 Å². The lowest BCUT2D eigenvalue weighted by molar-refractivity contribution is -0.0438. The Bertz CT molecular complexity index is 694. The number of aliphatic hydroxyl groups is 1. The molecule has 1 aromatic heterocycles. The minimum atomic E-state index is -0.273. The fourth-order valence-corrected chi connectivity index (χ4v) is 4.05. The van der Waals surface area contributed by atoms with Crippen LogP contribution in [0.3, 0.4) is 0 Å². The average Bonchev–Trinajstić information content (AvgIpc) is 3.13. The molecule has 0 unspecified atom stereocenters. The van der Waals surface area contributed by atoms with E-state index in [0.29, 0.717) is 19.3 Å². The number of anilines is 1. The average molecular weight is 339 g/mol. The number of ether oxygens (including phenoxy) is 1. The fraction of sp³-hybridized carbons (Fsp3) is 0.500. The van der Waals surface area contributed by atoms with Crippen LogP contribution in [0.15, 0.2) is 42.6 Å². The van der Waals surface area contributed by atoms with Crippen molar-refractivity contribution in [1.82, 2.24) is 9.97 Å². The molecule has 5 nitrogen and oxygen atoms in total. The third-order valence-electron chi connectivity index (χ3n) is 5.35. The molecule has 2 fully saturated rings. The van der Waals surface area contributed by atoms with Crippen LogP contribution >= 0.6 is 0 Å². The minimum absolute atomic E-state index is 0.170. The molecule has 4 rings (SSSR count). The predicted octanol–water partition coefficient (Wildman–Crippen LogP) is 2.43. The van der Waals surface area contributed by atoms with Crippen molar-refractivity contribution in [2.75, 3.05) is 24.7 Å². The van der Waals surface area contributed by atoms with Crippen LogP contribution in [0.2, 0.25) is 0 Å². The van der Waals surface area contributed by atoms with Crippen LogP contribution in [0, 0.1) is 5.92 Å². The number of hydrogen-bond donors (Lipinski definition) is 1. The summed E-state index contributed by atoms with van der Waals surface area (Å²) in [7, 11) is 0. The van der Waals surface area contributed by atoms with Gasteiger partial charge in [0.1, 0.15) is 11.6 Å². The van der Waals surface area contributed by atoms with E-state index in [2.05, 4.69) is 22.0 Å². The van der Waals surface area contributed by atoms with Gasteiger partial charge in [-0.15, -0.1) is 0 Å². The lowest BCUT2D eigenvalue weighted by Gasteiger charge is -2.37. The molecular formula is C20H25N3O2. The van der Waals surface area contributed by atoms with Crippen molar-refractivity contribution in [2.45, 2.75) is 37.8 Å². The van der Waals surface area contributed by atoms with E-state index in [1.54, 1.807) is 0 Å². The largest absolute Gasteiger partial charge is 0.393 e. The maximum absolute atomic E-state index is 10.4. The molecule has 5 heteroatoms. The van der Waals surface area contributed by atoms with Crippen molar-refractivity contribution < 1.29 is 9.84 Å². The second-order valence-corrected chi connectivity index (χ2v) is 6.99. The second-order valence-electron chi connectivity index (χ2n) is 6.99. The zero-order chi connectivity index (χ0) is 17.1. The summed E-state index contributed by atoms with van der Waals surface area (Å²) in [6.45, 7) is 2.29. The Morgan fingerprint density at radius 2 is 2.04 bits per heavy atom. The van der Waals surface area contributed by atoms with Gasteiger partial charge in [0.2, 0.25) is 0 Å². The Kier molecular flexibility index (Phi) is 4.95. The van der Waals surface area contributed by atoms with Gasteiger partial charge in [0.15, 0.2) is 0 Å². The Labute approximate surface area is 148 Å². The molecule has 0 spiro atoms. The molecule has 2 saturated heterocycles. The van der Waals surface area contributed by atoms with Crippen LogP contribution in [0.5, 0.6) is 0 Å². The first-order valence-corrected chi connectivity index (χ1v) is 9.19. The van der Waals surface area contributed by atoms with Gasteiger partial charge in [-0.2, -0.15) is 0 Å². The highest BCUT2D eigenvalue weighted by atomic mass is 16.5. The van der Waals surface area contributed by atoms with Crippen LogP contribution in [-0.4, -0.2) is 47.0 Å². The van der Waals surface area contributed by atoms with E-state index in [1.807, 2.05) is 30.5 Å². The van der Waals surface area contributed by atoms with Crippen LogP contribution in [0.1, 0.15) is 30.7 Å². The van der Waals surface area contributed by atoms with Gasteiger partial charge in [-0.05, 0) is 30.9 Å². The summed E-state index contributed by atoms with van der Waals surface area (Å²) < 4.78 is 5.63. The van der Waals surface area contributed by atoms with Crippen LogP contribution in [-0.2, 0) is 11.2 Å². The van der Waals surface area contributed by atoms with Crippen molar-refractivity contribution in [3.8, 4) is 0 Å². The molecule has 1 aromatic carbocycles. The number of aromatic nitrogens is 2. The normalized spacial score (nSPS) is 26.8. The summed E-state index contributed by atoms with van der Waals surface area (Å²) in [4.78, 5) is 11.6. The lowest BCUT2D eigenvalue weighted by Crippen LogP contribution is -2.46. The van der Waals surface area contributed by atoms with Gasteiger partial charge in [0, 0.05) is 37.7 Å². The highest BCUT2D eigenvalue weighted by Gasteiger charge is 2.38. The van der Waals surface area contributed by atoms with Crippen LogP contribution in [0.4, 0.5) is 5.82 Å². The molecule has 0 saturated carbocycles. The summed E-state index contributed by atoms with van der Waals surface area (Å²) in [5.74, 6) is 1.99. The summed E-state index contributed by atoms with van der Waals surface area (Å²) >= 11 is 0. The molecule has 2 aliphatic rings. The van der Waals surface area contributed by atoms with Crippen molar-refractivity contribution in [3.05, 3.63) is 54.0 Å². The van der Waals surface area contributed by atoms with E-state index >= 15 is 0 Å². The van der Waals surface area contributed by atoms with E-state index in [1.165, 1.54) is 5.56 Å². The third-order valence-corrected chi connectivity index (χ3v) is 5.35. The predicted molar refractivity (Wildman–Crippen MR) is 96.6 cm³/mol. The van der Waals surface area contributed by atoms with E-state index in [0.717, 1.165) is 43.9 Å². The van der Waals surface area contributed by atoms with E-state index in [9.17, 15) is 5.11 Å². The molecule has 2 aromatic rings. The highest BCUT2D eigenvalue weighted by molar-refractivity contribution is 5.41. The summed E-state index contributed by atoms with van der Waals surface area (Å²) in [6.07, 6.45) is 5.27. The van der Waals surface area contributed by atoms with Gasteiger partial charge in [-0.25, -0.2) is 9.97 Å². The zero-order valence-corrected chi connectivity index (χ0v) is 14.4. The maximum atomic E-state index is 10.4. The van der Waals surface area contributed by atoms with Gasteiger partial charge >= 0.3 is 0 Å². The first-order chi connectivity index (χ1) is 12.3. The van der Waals surface area contributed by atoms with E-state index in [-0.39, 0.29) is 12.0 Å². The third kappa shape index (κ3) is 3.67. The first kappa shape index (κ1) is 16.5. The van der Waals surface area contributed by atoms with Crippen molar-refractivity contribution >= 4 is 5.82 Å². The van der Waals surface area contributed by atoms with Gasteiger partial charge in [0.25, 0.3) is 0 Å². The SMILES string of the molecule is O[C@@H]1CCOC[C@H]1[C@H]1CCCN1c1ccnc(Cc2ccccc2)n1. The number of hydrogen-bond acceptors (Lipinski definition) is 5. The van der Waals surface area contributed by atoms with Crippen molar-refractivity contribution in [1.29, 1.82) is 0 Å². The fourth-order valence-electron chi connectivity index (χ4n) is 4.05. The molecule has 3 atom stereocenters. The number of benzene rings is 1. The summed E-state index contributed by atoms with van der Waals surface area (Å²) in [5.41, 5.74) is 1.22. The quantitative estimate of drug-likeness (QED) is 0.927. The van der Waals surface area contributed by atoms with Gasteiger partial charge < -0.3 is 14.7 Å². The molecule has 0 bridgehead atoms. The Morgan fingerprint density at radius 1 is 1.16 bits per heavy atom. The summed E-state index contributed by atoms with van der Waals surface area (Å²) in [6, 6.07) is 12.6. The second kappa shape index (κ2) is 7.50. The molecule has 132 valence electrons. The molecule has 25 heavy (non-hydrogen) atoms. The molecule has 0 amide bonds. The number of nitrogens with zero attached hydrogens (tertiary/aromatic N) is 3. The molecule has 0 aliphatic carbocycles. The molecule has 2 aliphatic heterocycles. The smallest absolute Gasteiger partial charge is 0.135 e. The summed E-state index contributed by atoms with van der Waals surface area (Å²) in [5, 5.41) is 10.4. The van der Waals surface area contributed by atoms with E-state index in [4.69, 9.17) is 9.72 Å². The van der Waals surface area contributed by atoms with Crippen molar-refractivity contribution in [3.63, 3.8) is 0 Å². The highest BCUT2D eigenvalue weighted by Crippen LogP contribution is 2.32. The Balaban J connectivity index is 1.53. The minimum Gasteiger partial charge on any atom is -0.393 e. The van der Waals surface area contributed by atoms with Crippen molar-refractivity contribution in [2.24, 2.45) is 5.92 Å². The van der Waals surface area contributed by atoms with Gasteiger partial charge in [0.05, 0.1) is 12.7 Å². The molecular weight excluding hydrogens is 314 g/mol. The monoisotopic (exact) mass is 339 g/mol. The maximum Gasteiger partial charge on any atom is 0.135 e. The molecule has 3 heterocycles.